The highest BCUT2D eigenvalue weighted by atomic mass is 14.6. The van der Waals surface area contributed by atoms with Crippen molar-refractivity contribution in [2.75, 3.05) is 0 Å². The van der Waals surface area contributed by atoms with Crippen LogP contribution in [0, 0.1) is 0 Å². The highest BCUT2D eigenvalue weighted by Crippen LogP contribution is 2.17. The Morgan fingerprint density at radius 1 is 1.00 bits per heavy atom. The molecule has 0 aromatic carbocycles. The molecule has 2 bridgehead atoms. The summed E-state index contributed by atoms with van der Waals surface area (Å²) < 4.78 is 0. The summed E-state index contributed by atoms with van der Waals surface area (Å²) in [6.07, 6.45) is 15.7. The Labute approximate surface area is 88.5 Å². The number of hydrogen-bond donors (Lipinski definition) is 0. The minimum absolute atomic E-state index is 1.00. The summed E-state index contributed by atoms with van der Waals surface area (Å²) in [5, 5.41) is 2.28. The Kier molecular flexibility index (Phi) is 1.88. The van der Waals surface area contributed by atoms with Gasteiger partial charge in [-0.05, 0) is 35.8 Å². The van der Waals surface area contributed by atoms with E-state index < -0.39 is 0 Å². The second-order valence-electron chi connectivity index (χ2n) is 3.81. The fourth-order valence-corrected chi connectivity index (χ4v) is 1.96. The van der Waals surface area contributed by atoms with Crippen LogP contribution in [0.1, 0.15) is 6.42 Å². The molecule has 3 rings (SSSR count). The lowest BCUT2D eigenvalue weighted by molar-refractivity contribution is 1.22. The molecular formula is C14H11N. The Morgan fingerprint density at radius 2 is 1.80 bits per heavy atom. The van der Waals surface area contributed by atoms with E-state index in [2.05, 4.69) is 47.5 Å². The Balaban J connectivity index is 2.40. The molecule has 2 aliphatic rings. The van der Waals surface area contributed by atoms with E-state index >= 15 is 0 Å². The zero-order chi connectivity index (χ0) is 10.1. The molecule has 0 atom stereocenters. The van der Waals surface area contributed by atoms with Crippen LogP contribution < -0.4 is 10.6 Å². The van der Waals surface area contributed by atoms with Gasteiger partial charge in [-0.15, -0.1) is 0 Å². The van der Waals surface area contributed by atoms with E-state index in [0.29, 0.717) is 0 Å². The highest BCUT2D eigenvalue weighted by molar-refractivity contribution is 5.61. The second-order valence-corrected chi connectivity index (χ2v) is 3.81. The van der Waals surface area contributed by atoms with Gasteiger partial charge in [0, 0.05) is 11.4 Å². The van der Waals surface area contributed by atoms with Crippen LogP contribution in [0.2, 0.25) is 0 Å². The first-order valence-electron chi connectivity index (χ1n) is 5.13. The lowest BCUT2D eigenvalue weighted by Crippen LogP contribution is -2.26. The number of allylic oxidation sites excluding steroid dienone is 6. The smallest absolute Gasteiger partial charge is 0.0704 e. The van der Waals surface area contributed by atoms with E-state index in [4.69, 9.17) is 0 Å². The van der Waals surface area contributed by atoms with E-state index in [1.165, 1.54) is 16.4 Å². The topological polar surface area (TPSA) is 12.9 Å². The van der Waals surface area contributed by atoms with Crippen molar-refractivity contribution in [2.24, 2.45) is 0 Å². The number of rotatable bonds is 0. The third kappa shape index (κ3) is 1.57. The number of nitrogens with zero attached hydrogens (tertiary/aromatic N) is 1. The third-order valence-corrected chi connectivity index (χ3v) is 2.67. The monoisotopic (exact) mass is 193 g/mol. The van der Waals surface area contributed by atoms with Crippen molar-refractivity contribution in [3.05, 3.63) is 64.3 Å². The molecule has 0 saturated carbocycles. The normalized spacial score (nSPS) is 17.3. The van der Waals surface area contributed by atoms with Gasteiger partial charge in [-0.1, -0.05) is 30.4 Å². The quantitative estimate of drug-likeness (QED) is 0.608. The van der Waals surface area contributed by atoms with Crippen LogP contribution in [0.4, 0.5) is 0 Å². The minimum Gasteiger partial charge on any atom is -0.256 e. The largest absolute Gasteiger partial charge is 0.256 e. The summed E-state index contributed by atoms with van der Waals surface area (Å²) in [5.41, 5.74) is 2.67. The van der Waals surface area contributed by atoms with Gasteiger partial charge in [0.2, 0.25) is 0 Å². The molecule has 0 aliphatic heterocycles. The maximum Gasteiger partial charge on any atom is 0.0704 e. The molecule has 0 fully saturated rings. The number of hydrogen-bond acceptors (Lipinski definition) is 1. The third-order valence-electron chi connectivity index (χ3n) is 2.67. The SMILES string of the molecule is C1=CC=C2C=c3ncccc3=CC(=C1)C2. The van der Waals surface area contributed by atoms with Gasteiger partial charge in [0.25, 0.3) is 0 Å². The Morgan fingerprint density at radius 3 is 2.67 bits per heavy atom. The van der Waals surface area contributed by atoms with Crippen LogP contribution >= 0.6 is 0 Å². The first kappa shape index (κ1) is 8.42. The van der Waals surface area contributed by atoms with Gasteiger partial charge in [0.15, 0.2) is 0 Å². The lowest BCUT2D eigenvalue weighted by atomic mass is 10.1. The molecular weight excluding hydrogens is 182 g/mol. The maximum absolute atomic E-state index is 4.39. The van der Waals surface area contributed by atoms with Gasteiger partial charge in [0.05, 0.1) is 5.35 Å². The van der Waals surface area contributed by atoms with Crippen LogP contribution in [0.5, 0.6) is 0 Å². The highest BCUT2D eigenvalue weighted by Gasteiger charge is 2.03. The standard InChI is InChI=1S/C14H11N/c1-2-5-12-8-11(4-1)9-13-6-3-7-15-14(13)10-12/h1-7,9-10H,8H2. The molecule has 0 unspecified atom stereocenters. The van der Waals surface area contributed by atoms with Crippen molar-refractivity contribution in [2.45, 2.75) is 6.42 Å². The Hall–Kier alpha value is -1.89. The van der Waals surface area contributed by atoms with E-state index in [1.807, 2.05) is 12.3 Å². The molecule has 1 heteroatoms. The molecule has 0 amide bonds. The second kappa shape index (κ2) is 3.35. The van der Waals surface area contributed by atoms with Crippen LogP contribution in [0.15, 0.2) is 53.8 Å². The number of fused-ring (bicyclic) bond motifs is 3. The molecule has 1 aromatic heterocycles. The number of pyridine rings is 1. The van der Waals surface area contributed by atoms with Crippen molar-refractivity contribution in [1.82, 2.24) is 4.98 Å². The van der Waals surface area contributed by atoms with Crippen LogP contribution in [-0.2, 0) is 0 Å². The summed E-state index contributed by atoms with van der Waals surface area (Å²) in [5.74, 6) is 0. The van der Waals surface area contributed by atoms with Crippen molar-refractivity contribution in [1.29, 1.82) is 0 Å². The summed E-state index contributed by atoms with van der Waals surface area (Å²) in [7, 11) is 0. The molecule has 72 valence electrons. The van der Waals surface area contributed by atoms with E-state index in [-0.39, 0.29) is 0 Å². The van der Waals surface area contributed by atoms with Gasteiger partial charge in [-0.3, -0.25) is 4.98 Å². The molecule has 2 aliphatic carbocycles. The van der Waals surface area contributed by atoms with Gasteiger partial charge in [-0.2, -0.15) is 0 Å². The summed E-state index contributed by atoms with van der Waals surface area (Å²) >= 11 is 0. The average molecular weight is 193 g/mol. The predicted molar refractivity (Wildman–Crippen MR) is 62.3 cm³/mol. The van der Waals surface area contributed by atoms with E-state index in [9.17, 15) is 0 Å². The van der Waals surface area contributed by atoms with Crippen molar-refractivity contribution < 1.29 is 0 Å². The zero-order valence-electron chi connectivity index (χ0n) is 8.35. The van der Waals surface area contributed by atoms with Crippen molar-refractivity contribution in [3.63, 3.8) is 0 Å². The first-order chi connectivity index (χ1) is 7.42. The Bertz CT molecular complexity index is 547. The lowest BCUT2D eigenvalue weighted by Gasteiger charge is -1.97. The molecule has 1 aromatic rings. The zero-order valence-corrected chi connectivity index (χ0v) is 8.35. The number of aromatic nitrogens is 1. The van der Waals surface area contributed by atoms with Crippen molar-refractivity contribution >= 4 is 12.2 Å². The van der Waals surface area contributed by atoms with E-state index in [0.717, 1.165) is 11.8 Å². The van der Waals surface area contributed by atoms with Gasteiger partial charge < -0.3 is 0 Å². The molecule has 0 spiro atoms. The van der Waals surface area contributed by atoms with Gasteiger partial charge in [-0.25, -0.2) is 0 Å². The van der Waals surface area contributed by atoms with E-state index in [1.54, 1.807) is 0 Å². The van der Waals surface area contributed by atoms with Crippen LogP contribution in [0.3, 0.4) is 0 Å². The summed E-state index contributed by atoms with van der Waals surface area (Å²) in [6.45, 7) is 0. The molecule has 0 saturated heterocycles. The van der Waals surface area contributed by atoms with Crippen molar-refractivity contribution in [3.8, 4) is 0 Å². The first-order valence-corrected chi connectivity index (χ1v) is 5.13. The molecule has 0 radical (unpaired) electrons. The van der Waals surface area contributed by atoms with Crippen LogP contribution in [-0.4, -0.2) is 4.98 Å². The molecule has 1 nitrogen and oxygen atoms in total. The minimum atomic E-state index is 1.00. The molecule has 0 N–H and O–H groups in total. The van der Waals surface area contributed by atoms with Crippen LogP contribution in [0.25, 0.3) is 12.2 Å². The predicted octanol–water partition coefficient (Wildman–Crippen LogP) is 1.47. The van der Waals surface area contributed by atoms with Gasteiger partial charge in [0.1, 0.15) is 0 Å². The van der Waals surface area contributed by atoms with Gasteiger partial charge >= 0.3 is 0 Å². The maximum atomic E-state index is 4.39. The summed E-state index contributed by atoms with van der Waals surface area (Å²) in [4.78, 5) is 4.39. The molecule has 15 heavy (non-hydrogen) atoms. The fourth-order valence-electron chi connectivity index (χ4n) is 1.96. The average Bonchev–Trinajstić information content (AvgIpc) is 2.57. The fraction of sp³-hybridized carbons (Fsp3) is 0.0714. The molecule has 1 heterocycles. The summed E-state index contributed by atoms with van der Waals surface area (Å²) in [6, 6.07) is 4.10.